The lowest BCUT2D eigenvalue weighted by Crippen LogP contribution is -1.99. The van der Waals surface area contributed by atoms with Gasteiger partial charge < -0.3 is 0 Å². The molecule has 2 rings (SSSR count). The fourth-order valence-corrected chi connectivity index (χ4v) is 4.71. The van der Waals surface area contributed by atoms with Crippen LogP contribution in [0.1, 0.15) is 15.3 Å². The predicted octanol–water partition coefficient (Wildman–Crippen LogP) is 6.04. The Kier molecular flexibility index (Phi) is 4.39. The van der Waals surface area contributed by atoms with Crippen LogP contribution in [0.25, 0.3) is 0 Å². The smallest absolute Gasteiger partial charge is 0.131 e. The van der Waals surface area contributed by atoms with E-state index in [9.17, 15) is 8.78 Å². The molecule has 6 heteroatoms. The minimum atomic E-state index is -0.570. The molecule has 1 aromatic heterocycles. The maximum Gasteiger partial charge on any atom is 0.131 e. The third kappa shape index (κ3) is 2.80. The van der Waals surface area contributed by atoms with E-state index in [-0.39, 0.29) is 5.56 Å². The van der Waals surface area contributed by atoms with E-state index in [1.54, 1.807) is 0 Å². The van der Waals surface area contributed by atoms with Gasteiger partial charge in [-0.3, -0.25) is 0 Å². The lowest BCUT2D eigenvalue weighted by molar-refractivity contribution is 0.560. The van der Waals surface area contributed by atoms with Crippen LogP contribution in [0, 0.1) is 11.6 Å². The summed E-state index contributed by atoms with van der Waals surface area (Å²) in [5.74, 6) is -1.14. The Morgan fingerprint density at radius 2 is 1.71 bits per heavy atom. The summed E-state index contributed by atoms with van der Waals surface area (Å²) in [4.78, 5) is 0.343. The molecule has 0 fully saturated rings. The number of halogens is 5. The minimum absolute atomic E-state index is 0.0244. The summed E-state index contributed by atoms with van der Waals surface area (Å²) in [6.45, 7) is 0. The molecule has 0 aliphatic heterocycles. The van der Waals surface area contributed by atoms with Crippen LogP contribution < -0.4 is 0 Å². The van der Waals surface area contributed by atoms with Gasteiger partial charge in [-0.1, -0.05) is 31.9 Å². The third-order valence-electron chi connectivity index (χ3n) is 2.17. The highest BCUT2D eigenvalue weighted by Crippen LogP contribution is 2.41. The summed E-state index contributed by atoms with van der Waals surface area (Å²) in [5.41, 5.74) is 0.0244. The molecule has 0 amide bonds. The highest BCUT2D eigenvalue weighted by atomic mass is 79.9. The van der Waals surface area contributed by atoms with Crippen LogP contribution in [0.3, 0.4) is 0 Å². The van der Waals surface area contributed by atoms with Crippen LogP contribution in [0.15, 0.2) is 32.5 Å². The average molecular weight is 447 g/mol. The van der Waals surface area contributed by atoms with Gasteiger partial charge in [-0.05, 0) is 39.5 Å². The first-order valence-electron chi connectivity index (χ1n) is 4.52. The third-order valence-corrected chi connectivity index (χ3v) is 5.78. The zero-order valence-electron chi connectivity index (χ0n) is 8.18. The summed E-state index contributed by atoms with van der Waals surface area (Å²) in [6, 6.07) is 4.37. The highest BCUT2D eigenvalue weighted by molar-refractivity contribution is 9.11. The SMILES string of the molecule is Fc1cc(Br)cc(F)c1C(Br)c1sccc1Br. The van der Waals surface area contributed by atoms with Gasteiger partial charge in [-0.2, -0.15) is 0 Å². The Labute approximate surface area is 126 Å². The molecule has 1 atom stereocenters. The summed E-state index contributed by atoms with van der Waals surface area (Å²) in [6.07, 6.45) is 0. The van der Waals surface area contributed by atoms with Crippen molar-refractivity contribution in [3.63, 3.8) is 0 Å². The van der Waals surface area contributed by atoms with Crippen LogP contribution in [-0.2, 0) is 0 Å². The Balaban J connectivity index is 2.51. The molecule has 0 aliphatic rings. The first kappa shape index (κ1) is 13.6. The zero-order valence-corrected chi connectivity index (χ0v) is 13.8. The molecule has 0 saturated heterocycles. The number of alkyl halides is 1. The van der Waals surface area contributed by atoms with Crippen molar-refractivity contribution in [3.8, 4) is 0 Å². The average Bonchev–Trinajstić information content (AvgIpc) is 2.62. The quantitative estimate of drug-likeness (QED) is 0.494. The molecule has 0 radical (unpaired) electrons. The number of hydrogen-bond acceptors (Lipinski definition) is 1. The van der Waals surface area contributed by atoms with E-state index in [0.29, 0.717) is 4.47 Å². The van der Waals surface area contributed by atoms with Crippen LogP contribution >= 0.6 is 59.1 Å². The second-order valence-electron chi connectivity index (χ2n) is 3.28. The van der Waals surface area contributed by atoms with E-state index in [1.165, 1.54) is 23.5 Å². The molecular weight excluding hydrogens is 442 g/mol. The number of thiophene rings is 1. The molecular formula is C11H5Br3F2S. The number of hydrogen-bond donors (Lipinski definition) is 0. The van der Waals surface area contributed by atoms with Gasteiger partial charge in [-0.15, -0.1) is 11.3 Å². The van der Waals surface area contributed by atoms with E-state index in [0.717, 1.165) is 9.35 Å². The molecule has 1 heterocycles. The van der Waals surface area contributed by atoms with Crippen molar-refractivity contribution in [2.75, 3.05) is 0 Å². The van der Waals surface area contributed by atoms with E-state index in [1.807, 2.05) is 11.4 Å². The Bertz CT molecular complexity index is 530. The summed E-state index contributed by atoms with van der Waals surface area (Å²) in [7, 11) is 0. The highest BCUT2D eigenvalue weighted by Gasteiger charge is 2.22. The van der Waals surface area contributed by atoms with Gasteiger partial charge >= 0.3 is 0 Å². The summed E-state index contributed by atoms with van der Waals surface area (Å²) < 4.78 is 28.8. The molecule has 0 N–H and O–H groups in total. The molecule has 90 valence electrons. The van der Waals surface area contributed by atoms with Gasteiger partial charge in [0.05, 0.1) is 4.83 Å². The molecule has 17 heavy (non-hydrogen) atoms. The zero-order chi connectivity index (χ0) is 12.6. The topological polar surface area (TPSA) is 0 Å². The van der Waals surface area contributed by atoms with Gasteiger partial charge in [0.15, 0.2) is 0 Å². The Hall–Kier alpha value is 0.220. The van der Waals surface area contributed by atoms with Crippen molar-refractivity contribution >= 4 is 59.1 Å². The minimum Gasteiger partial charge on any atom is -0.206 e. The second kappa shape index (κ2) is 5.47. The lowest BCUT2D eigenvalue weighted by Gasteiger charge is -2.12. The van der Waals surface area contributed by atoms with Gasteiger partial charge in [0, 0.05) is 19.4 Å². The van der Waals surface area contributed by atoms with Gasteiger partial charge in [0.2, 0.25) is 0 Å². The first-order valence-corrected chi connectivity index (χ1v) is 7.90. The van der Waals surface area contributed by atoms with Crippen molar-refractivity contribution in [2.45, 2.75) is 4.83 Å². The fourth-order valence-electron chi connectivity index (χ4n) is 1.41. The maximum absolute atomic E-state index is 13.8. The monoisotopic (exact) mass is 444 g/mol. The largest absolute Gasteiger partial charge is 0.206 e. The van der Waals surface area contributed by atoms with Crippen LogP contribution in [-0.4, -0.2) is 0 Å². The molecule has 0 nitrogen and oxygen atoms in total. The normalized spacial score (nSPS) is 12.8. The second-order valence-corrected chi connectivity index (χ2v) is 6.91. The maximum atomic E-state index is 13.8. The molecule has 0 spiro atoms. The number of benzene rings is 1. The lowest BCUT2D eigenvalue weighted by atomic mass is 10.1. The molecule has 0 aliphatic carbocycles. The first-order chi connectivity index (χ1) is 8.00. The molecule has 1 unspecified atom stereocenters. The summed E-state index contributed by atoms with van der Waals surface area (Å²) in [5, 5.41) is 1.86. The fraction of sp³-hybridized carbons (Fsp3) is 0.0909. The van der Waals surface area contributed by atoms with E-state index in [2.05, 4.69) is 47.8 Å². The van der Waals surface area contributed by atoms with Crippen molar-refractivity contribution < 1.29 is 8.78 Å². The molecule has 0 saturated carbocycles. The van der Waals surface area contributed by atoms with Crippen molar-refractivity contribution in [2.24, 2.45) is 0 Å². The van der Waals surface area contributed by atoms with Gasteiger partial charge in [-0.25, -0.2) is 8.78 Å². The Morgan fingerprint density at radius 1 is 1.12 bits per heavy atom. The van der Waals surface area contributed by atoms with E-state index >= 15 is 0 Å². The standard InChI is InChI=1S/C11H5Br3F2S/c12-5-3-7(15)9(8(16)4-5)10(14)11-6(13)1-2-17-11/h1-4,10H. The summed E-state index contributed by atoms with van der Waals surface area (Å²) >= 11 is 11.2. The van der Waals surface area contributed by atoms with Crippen molar-refractivity contribution in [1.82, 2.24) is 0 Å². The molecule has 0 bridgehead atoms. The predicted molar refractivity (Wildman–Crippen MR) is 76.8 cm³/mol. The van der Waals surface area contributed by atoms with Crippen LogP contribution in [0.4, 0.5) is 8.78 Å². The van der Waals surface area contributed by atoms with Crippen molar-refractivity contribution in [3.05, 3.63) is 54.6 Å². The van der Waals surface area contributed by atoms with Crippen molar-refractivity contribution in [1.29, 1.82) is 0 Å². The van der Waals surface area contributed by atoms with Crippen LogP contribution in [0.5, 0.6) is 0 Å². The van der Waals surface area contributed by atoms with E-state index in [4.69, 9.17) is 0 Å². The van der Waals surface area contributed by atoms with Gasteiger partial charge in [0.1, 0.15) is 11.6 Å². The number of rotatable bonds is 2. The molecule has 2 aromatic rings. The molecule has 1 aromatic carbocycles. The van der Waals surface area contributed by atoms with Gasteiger partial charge in [0.25, 0.3) is 0 Å². The van der Waals surface area contributed by atoms with E-state index < -0.39 is 16.5 Å². The Morgan fingerprint density at radius 3 is 2.18 bits per heavy atom. The van der Waals surface area contributed by atoms with Crippen LogP contribution in [0.2, 0.25) is 0 Å².